The van der Waals surface area contributed by atoms with Crippen LogP contribution in [-0.4, -0.2) is 31.2 Å². The van der Waals surface area contributed by atoms with Gasteiger partial charge in [0.2, 0.25) is 5.88 Å². The zero-order chi connectivity index (χ0) is 19.5. The van der Waals surface area contributed by atoms with E-state index >= 15 is 0 Å². The SMILES string of the molecule is NC(=O)c1ccccc1Oc1ncccc1C(=O)Nc1cnc2cnccn12. The van der Waals surface area contributed by atoms with Crippen molar-refractivity contribution in [1.82, 2.24) is 19.4 Å². The highest BCUT2D eigenvalue weighted by atomic mass is 16.5. The van der Waals surface area contributed by atoms with E-state index in [0.717, 1.165) is 0 Å². The lowest BCUT2D eigenvalue weighted by Gasteiger charge is -2.12. The van der Waals surface area contributed by atoms with E-state index in [-0.39, 0.29) is 22.8 Å². The van der Waals surface area contributed by atoms with Crippen molar-refractivity contribution in [1.29, 1.82) is 0 Å². The first kappa shape index (κ1) is 17.2. The fraction of sp³-hybridized carbons (Fsp3) is 0. The molecule has 9 heteroatoms. The van der Waals surface area contributed by atoms with Crippen molar-refractivity contribution < 1.29 is 14.3 Å². The lowest BCUT2D eigenvalue weighted by molar-refractivity contribution is 0.0997. The Bertz CT molecular complexity index is 1190. The number of imidazole rings is 1. The summed E-state index contributed by atoms with van der Waals surface area (Å²) in [5, 5.41) is 2.77. The van der Waals surface area contributed by atoms with Crippen molar-refractivity contribution in [3.8, 4) is 11.6 Å². The van der Waals surface area contributed by atoms with E-state index in [4.69, 9.17) is 10.5 Å². The van der Waals surface area contributed by atoms with Gasteiger partial charge < -0.3 is 15.8 Å². The fourth-order valence-corrected chi connectivity index (χ4v) is 2.63. The summed E-state index contributed by atoms with van der Waals surface area (Å²) < 4.78 is 7.41. The minimum absolute atomic E-state index is 0.0455. The number of carbonyl (C=O) groups excluding carboxylic acids is 2. The van der Waals surface area contributed by atoms with Crippen LogP contribution in [0.1, 0.15) is 20.7 Å². The monoisotopic (exact) mass is 374 g/mol. The smallest absolute Gasteiger partial charge is 0.262 e. The van der Waals surface area contributed by atoms with E-state index < -0.39 is 11.8 Å². The highest BCUT2D eigenvalue weighted by Gasteiger charge is 2.18. The Kier molecular flexibility index (Phi) is 4.38. The standard InChI is InChI=1S/C19H14N6O3/c20-17(26)12-4-1-2-6-14(12)28-19-13(5-3-7-22-19)18(27)24-16-11-23-15-10-21-8-9-25(15)16/h1-11H,(H2,20,26)(H,24,27). The maximum atomic E-state index is 12.8. The van der Waals surface area contributed by atoms with Gasteiger partial charge in [-0.15, -0.1) is 0 Å². The van der Waals surface area contributed by atoms with Gasteiger partial charge in [-0.3, -0.25) is 19.0 Å². The van der Waals surface area contributed by atoms with E-state index in [1.807, 2.05) is 0 Å². The molecule has 0 aliphatic rings. The van der Waals surface area contributed by atoms with Gasteiger partial charge >= 0.3 is 0 Å². The first-order chi connectivity index (χ1) is 13.6. The van der Waals surface area contributed by atoms with Gasteiger partial charge in [-0.25, -0.2) is 9.97 Å². The van der Waals surface area contributed by atoms with Crippen LogP contribution in [0.25, 0.3) is 5.65 Å². The molecule has 0 bridgehead atoms. The number of aromatic nitrogens is 4. The van der Waals surface area contributed by atoms with Gasteiger partial charge in [-0.05, 0) is 24.3 Å². The van der Waals surface area contributed by atoms with Gasteiger partial charge in [0, 0.05) is 18.6 Å². The van der Waals surface area contributed by atoms with Crippen LogP contribution in [0.2, 0.25) is 0 Å². The number of para-hydroxylation sites is 1. The predicted molar refractivity (Wildman–Crippen MR) is 100 cm³/mol. The molecule has 0 fully saturated rings. The summed E-state index contributed by atoms with van der Waals surface area (Å²) in [6, 6.07) is 9.64. The second kappa shape index (κ2) is 7.16. The zero-order valence-corrected chi connectivity index (χ0v) is 14.4. The van der Waals surface area contributed by atoms with Crippen LogP contribution in [0, 0.1) is 0 Å². The lowest BCUT2D eigenvalue weighted by atomic mass is 10.2. The third-order valence-electron chi connectivity index (χ3n) is 3.93. The van der Waals surface area contributed by atoms with E-state index in [0.29, 0.717) is 11.5 Å². The molecule has 0 unspecified atom stereocenters. The number of pyridine rings is 1. The van der Waals surface area contributed by atoms with E-state index in [1.54, 1.807) is 53.3 Å². The number of carbonyl (C=O) groups is 2. The molecule has 3 N–H and O–H groups in total. The van der Waals surface area contributed by atoms with Gasteiger partial charge in [0.1, 0.15) is 17.1 Å². The molecule has 9 nitrogen and oxygen atoms in total. The second-order valence-corrected chi connectivity index (χ2v) is 5.72. The third-order valence-corrected chi connectivity index (χ3v) is 3.93. The van der Waals surface area contributed by atoms with E-state index in [2.05, 4.69) is 20.3 Å². The number of hydrogen-bond acceptors (Lipinski definition) is 6. The first-order valence-electron chi connectivity index (χ1n) is 8.23. The van der Waals surface area contributed by atoms with E-state index in [1.165, 1.54) is 18.5 Å². The minimum Gasteiger partial charge on any atom is -0.437 e. The van der Waals surface area contributed by atoms with Crippen LogP contribution in [0.3, 0.4) is 0 Å². The average Bonchev–Trinajstić information content (AvgIpc) is 3.11. The number of rotatable bonds is 5. The molecule has 0 aliphatic heterocycles. The molecular formula is C19H14N6O3. The summed E-state index contributed by atoms with van der Waals surface area (Å²) in [4.78, 5) is 36.7. The van der Waals surface area contributed by atoms with Crippen LogP contribution in [0.4, 0.5) is 5.82 Å². The molecule has 0 aliphatic carbocycles. The normalized spacial score (nSPS) is 10.6. The molecule has 0 radical (unpaired) electrons. The Hall–Kier alpha value is -4.27. The van der Waals surface area contributed by atoms with Gasteiger partial charge in [-0.2, -0.15) is 0 Å². The Labute approximate surface area is 158 Å². The van der Waals surface area contributed by atoms with Crippen molar-refractivity contribution in [3.63, 3.8) is 0 Å². The minimum atomic E-state index is -0.642. The second-order valence-electron chi connectivity index (χ2n) is 5.72. The lowest BCUT2D eigenvalue weighted by Crippen LogP contribution is -2.16. The summed E-state index contributed by atoms with van der Waals surface area (Å²) in [5.41, 5.74) is 6.34. The maximum absolute atomic E-state index is 12.8. The van der Waals surface area contributed by atoms with Crippen molar-refractivity contribution in [2.75, 3.05) is 5.32 Å². The topological polar surface area (TPSA) is 124 Å². The average molecular weight is 374 g/mol. The summed E-state index contributed by atoms with van der Waals surface area (Å²) in [5.74, 6) is -0.363. The molecule has 3 aromatic heterocycles. The van der Waals surface area contributed by atoms with E-state index in [9.17, 15) is 9.59 Å². The van der Waals surface area contributed by atoms with Crippen LogP contribution in [0.5, 0.6) is 11.6 Å². The third kappa shape index (κ3) is 3.23. The molecule has 0 spiro atoms. The number of nitrogens with one attached hydrogen (secondary N) is 1. The zero-order valence-electron chi connectivity index (χ0n) is 14.4. The summed E-state index contributed by atoms with van der Waals surface area (Å²) in [6.45, 7) is 0. The number of amides is 2. The van der Waals surface area contributed by atoms with Gasteiger partial charge in [0.05, 0.1) is 18.0 Å². The predicted octanol–water partition coefficient (Wildman–Crippen LogP) is 2.27. The number of nitrogens with zero attached hydrogens (tertiary/aromatic N) is 4. The largest absolute Gasteiger partial charge is 0.437 e. The summed E-state index contributed by atoms with van der Waals surface area (Å²) in [6.07, 6.45) is 7.85. The highest BCUT2D eigenvalue weighted by molar-refractivity contribution is 6.05. The highest BCUT2D eigenvalue weighted by Crippen LogP contribution is 2.26. The number of benzene rings is 1. The molecule has 0 atom stereocenters. The first-order valence-corrected chi connectivity index (χ1v) is 8.23. The quantitative estimate of drug-likeness (QED) is 0.552. The molecule has 0 saturated carbocycles. The Morgan fingerprint density at radius 3 is 2.68 bits per heavy atom. The molecule has 4 rings (SSSR count). The number of nitrogens with two attached hydrogens (primary N) is 1. The number of primary amides is 1. The number of ether oxygens (including phenoxy) is 1. The van der Waals surface area contributed by atoms with Crippen molar-refractivity contribution in [3.05, 3.63) is 78.5 Å². The number of fused-ring (bicyclic) bond motifs is 1. The molecular weight excluding hydrogens is 360 g/mol. The number of anilines is 1. The Morgan fingerprint density at radius 1 is 1.00 bits per heavy atom. The molecule has 0 saturated heterocycles. The molecule has 1 aromatic carbocycles. The summed E-state index contributed by atoms with van der Waals surface area (Å²) >= 11 is 0. The van der Waals surface area contributed by atoms with Gasteiger partial charge in [0.15, 0.2) is 5.65 Å². The van der Waals surface area contributed by atoms with Crippen LogP contribution < -0.4 is 15.8 Å². The van der Waals surface area contributed by atoms with Crippen LogP contribution in [-0.2, 0) is 0 Å². The summed E-state index contributed by atoms with van der Waals surface area (Å²) in [7, 11) is 0. The van der Waals surface area contributed by atoms with Gasteiger partial charge in [-0.1, -0.05) is 12.1 Å². The Balaban J connectivity index is 1.65. The van der Waals surface area contributed by atoms with Crippen LogP contribution in [0.15, 0.2) is 67.4 Å². The molecule has 138 valence electrons. The molecule has 3 heterocycles. The molecule has 2 amide bonds. The molecule has 28 heavy (non-hydrogen) atoms. The molecule has 4 aromatic rings. The number of hydrogen-bond donors (Lipinski definition) is 2. The van der Waals surface area contributed by atoms with Crippen molar-refractivity contribution >= 4 is 23.3 Å². The Morgan fingerprint density at radius 2 is 1.82 bits per heavy atom. The maximum Gasteiger partial charge on any atom is 0.262 e. The van der Waals surface area contributed by atoms with Crippen LogP contribution >= 0.6 is 0 Å². The van der Waals surface area contributed by atoms with Crippen molar-refractivity contribution in [2.24, 2.45) is 5.73 Å². The van der Waals surface area contributed by atoms with Gasteiger partial charge in [0.25, 0.3) is 11.8 Å². The van der Waals surface area contributed by atoms with Crippen molar-refractivity contribution in [2.45, 2.75) is 0 Å². The fourth-order valence-electron chi connectivity index (χ4n) is 2.63.